The number of ketones is 2. The average Bonchev–Trinajstić information content (AvgIpc) is 2.91. The SMILES string of the molecule is C[C@]12C[C@H](O)[C@@H]3[C@H](CCC4=CC(=O)CC[C@@]43C)[C@H]1CC[C@H]2C(=O)CF. The lowest BCUT2D eigenvalue weighted by atomic mass is 9.46. The van der Waals surface area contributed by atoms with Gasteiger partial charge in [0.1, 0.15) is 6.67 Å². The van der Waals surface area contributed by atoms with E-state index in [9.17, 15) is 19.1 Å². The van der Waals surface area contributed by atoms with Crippen LogP contribution in [0.2, 0.25) is 0 Å². The number of aliphatic hydroxyl groups is 1. The molecule has 0 bridgehead atoms. The maximum Gasteiger partial charge on any atom is 0.167 e. The quantitative estimate of drug-likeness (QED) is 0.829. The molecule has 1 N–H and O–H groups in total. The van der Waals surface area contributed by atoms with Gasteiger partial charge < -0.3 is 5.11 Å². The molecule has 3 saturated carbocycles. The highest BCUT2D eigenvalue weighted by Crippen LogP contribution is 2.66. The first kappa shape index (κ1) is 17.4. The topological polar surface area (TPSA) is 54.4 Å². The number of allylic oxidation sites excluding steroid dienone is 1. The first-order chi connectivity index (χ1) is 11.8. The van der Waals surface area contributed by atoms with E-state index >= 15 is 0 Å². The molecule has 0 radical (unpaired) electrons. The normalized spacial score (nSPS) is 49.0. The summed E-state index contributed by atoms with van der Waals surface area (Å²) in [6.45, 7) is 3.46. The van der Waals surface area contributed by atoms with Crippen molar-refractivity contribution in [1.29, 1.82) is 0 Å². The van der Waals surface area contributed by atoms with E-state index in [2.05, 4.69) is 13.8 Å². The second kappa shape index (κ2) is 5.73. The largest absolute Gasteiger partial charge is 0.393 e. The zero-order chi connectivity index (χ0) is 18.0. The lowest BCUT2D eigenvalue weighted by Crippen LogP contribution is -2.57. The molecule has 0 heterocycles. The fraction of sp³-hybridized carbons (Fsp3) is 0.810. The predicted octanol–water partition coefficient (Wildman–Crippen LogP) is 3.64. The van der Waals surface area contributed by atoms with Crippen molar-refractivity contribution in [3.8, 4) is 0 Å². The van der Waals surface area contributed by atoms with Crippen molar-refractivity contribution in [3.63, 3.8) is 0 Å². The fourth-order valence-corrected chi connectivity index (χ4v) is 7.31. The summed E-state index contributed by atoms with van der Waals surface area (Å²) in [4.78, 5) is 24.0. The van der Waals surface area contributed by atoms with E-state index in [1.807, 2.05) is 6.08 Å². The van der Waals surface area contributed by atoms with Crippen LogP contribution in [0.1, 0.15) is 58.8 Å². The van der Waals surface area contributed by atoms with Crippen LogP contribution in [0.25, 0.3) is 0 Å². The highest BCUT2D eigenvalue weighted by Gasteiger charge is 2.62. The Hall–Kier alpha value is -1.03. The molecule has 0 saturated heterocycles. The number of fused-ring (bicyclic) bond motifs is 5. The number of Topliss-reactive ketones (excluding diaryl/α,β-unsaturated/α-hetero) is 1. The summed E-state index contributed by atoms with van der Waals surface area (Å²) < 4.78 is 13.1. The van der Waals surface area contributed by atoms with Crippen LogP contribution >= 0.6 is 0 Å². The molecule has 4 heteroatoms. The minimum atomic E-state index is -0.885. The van der Waals surface area contributed by atoms with E-state index in [4.69, 9.17) is 0 Å². The van der Waals surface area contributed by atoms with Gasteiger partial charge in [-0.2, -0.15) is 0 Å². The molecule has 138 valence electrons. The van der Waals surface area contributed by atoms with Crippen LogP contribution in [0.15, 0.2) is 11.6 Å². The molecule has 4 rings (SSSR count). The van der Waals surface area contributed by atoms with Gasteiger partial charge in [-0.05, 0) is 73.2 Å². The molecule has 0 amide bonds. The van der Waals surface area contributed by atoms with Gasteiger partial charge in [0.05, 0.1) is 6.10 Å². The number of hydrogen-bond donors (Lipinski definition) is 1. The van der Waals surface area contributed by atoms with Gasteiger partial charge in [0.2, 0.25) is 0 Å². The highest BCUT2D eigenvalue weighted by atomic mass is 19.1. The third-order valence-corrected chi connectivity index (χ3v) is 8.41. The van der Waals surface area contributed by atoms with Crippen LogP contribution in [0.5, 0.6) is 0 Å². The molecule has 0 aliphatic heterocycles. The van der Waals surface area contributed by atoms with Crippen molar-refractivity contribution < 1.29 is 19.1 Å². The molecule has 0 spiro atoms. The molecule has 4 aliphatic rings. The first-order valence-corrected chi connectivity index (χ1v) is 9.82. The van der Waals surface area contributed by atoms with E-state index in [1.165, 1.54) is 5.57 Å². The Morgan fingerprint density at radius 2 is 2.04 bits per heavy atom. The molecule has 0 aromatic rings. The Morgan fingerprint density at radius 1 is 1.28 bits per heavy atom. The van der Waals surface area contributed by atoms with Gasteiger partial charge in [0.25, 0.3) is 0 Å². The summed E-state index contributed by atoms with van der Waals surface area (Å²) in [5.41, 5.74) is 0.855. The monoisotopic (exact) mass is 348 g/mol. The number of hydrogen-bond acceptors (Lipinski definition) is 3. The van der Waals surface area contributed by atoms with Crippen LogP contribution in [-0.2, 0) is 9.59 Å². The van der Waals surface area contributed by atoms with Gasteiger partial charge in [-0.15, -0.1) is 0 Å². The van der Waals surface area contributed by atoms with Crippen LogP contribution in [0.3, 0.4) is 0 Å². The third-order valence-electron chi connectivity index (χ3n) is 8.41. The molecule has 3 nitrogen and oxygen atoms in total. The minimum Gasteiger partial charge on any atom is -0.393 e. The lowest BCUT2D eigenvalue weighted by molar-refractivity contribution is -0.145. The lowest BCUT2D eigenvalue weighted by Gasteiger charge is -2.59. The molecular weight excluding hydrogens is 319 g/mol. The molecule has 3 fully saturated rings. The van der Waals surface area contributed by atoms with Crippen molar-refractivity contribution in [3.05, 3.63) is 11.6 Å². The second-order valence-electron chi connectivity index (χ2n) is 9.40. The van der Waals surface area contributed by atoms with Gasteiger partial charge in [0.15, 0.2) is 11.6 Å². The molecule has 4 aliphatic carbocycles. The van der Waals surface area contributed by atoms with Gasteiger partial charge >= 0.3 is 0 Å². The zero-order valence-electron chi connectivity index (χ0n) is 15.3. The van der Waals surface area contributed by atoms with Crippen LogP contribution in [0, 0.1) is 34.5 Å². The van der Waals surface area contributed by atoms with Crippen LogP contribution in [0.4, 0.5) is 4.39 Å². The van der Waals surface area contributed by atoms with Crippen molar-refractivity contribution in [2.45, 2.75) is 64.9 Å². The maximum atomic E-state index is 13.1. The standard InChI is InChI=1S/C21H29FO3/c1-20-8-7-13(23)9-12(20)3-4-14-15-5-6-16(18(25)11-22)21(15,2)10-17(24)19(14)20/h9,14-17,19,24H,3-8,10-11H2,1-2H3/t14-,15-,16+,17+,19+,20+,21+/m1/s1. The van der Waals surface area contributed by atoms with Gasteiger partial charge in [-0.1, -0.05) is 19.4 Å². The molecule has 7 atom stereocenters. The summed E-state index contributed by atoms with van der Waals surface area (Å²) in [7, 11) is 0. The van der Waals surface area contributed by atoms with Crippen LogP contribution < -0.4 is 0 Å². The molecule has 0 unspecified atom stereocenters. The number of halogens is 1. The van der Waals surface area contributed by atoms with Crippen molar-refractivity contribution in [2.75, 3.05) is 6.67 Å². The Labute approximate surface area is 149 Å². The summed E-state index contributed by atoms with van der Waals surface area (Å²) in [6, 6.07) is 0. The van der Waals surface area contributed by atoms with Gasteiger partial charge in [-0.3, -0.25) is 9.59 Å². The number of rotatable bonds is 2. The number of carbonyl (C=O) groups is 2. The Kier molecular flexibility index (Phi) is 3.99. The molecular formula is C21H29FO3. The Morgan fingerprint density at radius 3 is 2.76 bits per heavy atom. The van der Waals surface area contributed by atoms with Crippen molar-refractivity contribution in [1.82, 2.24) is 0 Å². The second-order valence-corrected chi connectivity index (χ2v) is 9.40. The fourth-order valence-electron chi connectivity index (χ4n) is 7.31. The maximum absolute atomic E-state index is 13.1. The van der Waals surface area contributed by atoms with E-state index in [0.717, 1.165) is 32.1 Å². The smallest absolute Gasteiger partial charge is 0.167 e. The van der Waals surface area contributed by atoms with Gasteiger partial charge in [-0.25, -0.2) is 4.39 Å². The average molecular weight is 348 g/mol. The predicted molar refractivity (Wildman–Crippen MR) is 92.6 cm³/mol. The third kappa shape index (κ3) is 2.32. The van der Waals surface area contributed by atoms with E-state index in [-0.39, 0.29) is 34.2 Å². The summed E-state index contributed by atoms with van der Waals surface area (Å²) in [5.74, 6) is 0.629. The zero-order valence-corrected chi connectivity index (χ0v) is 15.3. The number of carbonyl (C=O) groups excluding carboxylic acids is 2. The van der Waals surface area contributed by atoms with Crippen LogP contribution in [-0.4, -0.2) is 29.5 Å². The van der Waals surface area contributed by atoms with Crippen molar-refractivity contribution in [2.24, 2.45) is 34.5 Å². The molecule has 0 aromatic carbocycles. The summed E-state index contributed by atoms with van der Waals surface area (Å²) in [5, 5.41) is 11.1. The van der Waals surface area contributed by atoms with E-state index in [1.54, 1.807) is 0 Å². The first-order valence-electron chi connectivity index (χ1n) is 9.82. The van der Waals surface area contributed by atoms with E-state index < -0.39 is 12.8 Å². The Bertz CT molecular complexity index is 641. The summed E-state index contributed by atoms with van der Waals surface area (Å²) >= 11 is 0. The Balaban J connectivity index is 1.70. The number of alkyl halides is 1. The van der Waals surface area contributed by atoms with E-state index in [0.29, 0.717) is 24.7 Å². The minimum absolute atomic E-state index is 0.0975. The highest BCUT2D eigenvalue weighted by molar-refractivity contribution is 5.91. The molecule has 0 aromatic heterocycles. The van der Waals surface area contributed by atoms with Gasteiger partial charge in [0, 0.05) is 12.3 Å². The molecule has 25 heavy (non-hydrogen) atoms. The summed E-state index contributed by atoms with van der Waals surface area (Å²) in [6.07, 6.45) is 6.98. The van der Waals surface area contributed by atoms with Crippen molar-refractivity contribution >= 4 is 11.6 Å². The number of aliphatic hydroxyl groups excluding tert-OH is 1.